The van der Waals surface area contributed by atoms with Crippen molar-refractivity contribution in [1.29, 1.82) is 0 Å². The zero-order valence-electron chi connectivity index (χ0n) is 11.1. The van der Waals surface area contributed by atoms with Crippen LogP contribution in [0.1, 0.15) is 46.0 Å². The Hall–Kier alpha value is -0.120. The lowest BCUT2D eigenvalue weighted by atomic mass is 10.0. The zero-order chi connectivity index (χ0) is 12.0. The van der Waals surface area contributed by atoms with Crippen LogP contribution in [0.5, 0.6) is 0 Å². The van der Waals surface area contributed by atoms with Gasteiger partial charge < -0.3 is 15.3 Å². The fraction of sp³-hybridized carbons (Fsp3) is 1.00. The van der Waals surface area contributed by atoms with Gasteiger partial charge in [0, 0.05) is 25.7 Å². The van der Waals surface area contributed by atoms with Crippen LogP contribution in [0.3, 0.4) is 0 Å². The van der Waals surface area contributed by atoms with Crippen LogP contribution in [0.25, 0.3) is 0 Å². The molecule has 0 aromatic rings. The Balaban J connectivity index is 2.07. The van der Waals surface area contributed by atoms with Crippen molar-refractivity contribution in [3.05, 3.63) is 0 Å². The number of nitrogens with zero attached hydrogens (tertiary/aromatic N) is 1. The Morgan fingerprint density at radius 2 is 2.00 bits per heavy atom. The summed E-state index contributed by atoms with van der Waals surface area (Å²) in [6, 6.07) is 0.649. The molecular weight excluding hydrogens is 200 g/mol. The van der Waals surface area contributed by atoms with E-state index in [1.807, 2.05) is 0 Å². The van der Waals surface area contributed by atoms with Gasteiger partial charge >= 0.3 is 0 Å². The second kappa shape index (κ2) is 6.58. The molecule has 0 aliphatic heterocycles. The van der Waals surface area contributed by atoms with Crippen molar-refractivity contribution in [2.45, 2.75) is 57.6 Å². The highest BCUT2D eigenvalue weighted by Gasteiger charge is 2.30. The first-order chi connectivity index (χ1) is 7.57. The van der Waals surface area contributed by atoms with E-state index in [-0.39, 0.29) is 0 Å². The lowest BCUT2D eigenvalue weighted by molar-refractivity contribution is 0.0472. The monoisotopic (exact) mass is 228 g/mol. The van der Waals surface area contributed by atoms with Crippen molar-refractivity contribution >= 4 is 0 Å². The average molecular weight is 228 g/mol. The molecule has 96 valence electrons. The van der Waals surface area contributed by atoms with Crippen LogP contribution in [0, 0.1) is 0 Å². The topological polar surface area (TPSA) is 35.5 Å². The predicted molar refractivity (Wildman–Crippen MR) is 68.7 cm³/mol. The number of aliphatic hydroxyl groups is 1. The second-order valence-corrected chi connectivity index (χ2v) is 5.35. The maximum atomic E-state index is 10.1. The highest BCUT2D eigenvalue weighted by molar-refractivity contribution is 4.86. The molecule has 0 saturated heterocycles. The molecule has 1 saturated carbocycles. The van der Waals surface area contributed by atoms with Gasteiger partial charge in [-0.1, -0.05) is 19.8 Å². The van der Waals surface area contributed by atoms with E-state index in [0.717, 1.165) is 32.5 Å². The minimum atomic E-state index is -0.408. The van der Waals surface area contributed by atoms with Gasteiger partial charge in [0.2, 0.25) is 0 Å². The summed E-state index contributed by atoms with van der Waals surface area (Å²) in [5, 5.41) is 13.5. The maximum Gasteiger partial charge on any atom is 0.0771 e. The molecule has 0 heterocycles. The fourth-order valence-corrected chi connectivity index (χ4v) is 2.32. The standard InChI is InChI=1S/C13H28N2O/c1-4-12(2)15(3)10-9-14-11-13(16)7-5-6-8-13/h12,14,16H,4-11H2,1-3H3. The van der Waals surface area contributed by atoms with Crippen LogP contribution >= 0.6 is 0 Å². The number of nitrogens with one attached hydrogen (secondary N) is 1. The fourth-order valence-electron chi connectivity index (χ4n) is 2.32. The molecule has 0 spiro atoms. The Morgan fingerprint density at radius 1 is 1.38 bits per heavy atom. The quantitative estimate of drug-likeness (QED) is 0.650. The molecule has 0 amide bonds. The summed E-state index contributed by atoms with van der Waals surface area (Å²) in [7, 11) is 2.17. The minimum absolute atomic E-state index is 0.408. The Labute approximate surface area is 100 Å². The summed E-state index contributed by atoms with van der Waals surface area (Å²) in [5.41, 5.74) is -0.408. The van der Waals surface area contributed by atoms with E-state index in [9.17, 15) is 5.11 Å². The van der Waals surface area contributed by atoms with Crippen LogP contribution in [-0.4, -0.2) is 48.3 Å². The van der Waals surface area contributed by atoms with Gasteiger partial charge in [-0.25, -0.2) is 0 Å². The van der Waals surface area contributed by atoms with Crippen molar-refractivity contribution in [3.8, 4) is 0 Å². The number of hydrogen-bond acceptors (Lipinski definition) is 3. The van der Waals surface area contributed by atoms with Gasteiger partial charge in [-0.15, -0.1) is 0 Å². The summed E-state index contributed by atoms with van der Waals surface area (Å²) in [5.74, 6) is 0. The molecule has 3 heteroatoms. The third kappa shape index (κ3) is 4.40. The third-order valence-electron chi connectivity index (χ3n) is 3.97. The van der Waals surface area contributed by atoms with E-state index in [1.165, 1.54) is 19.3 Å². The van der Waals surface area contributed by atoms with Crippen LogP contribution in [-0.2, 0) is 0 Å². The van der Waals surface area contributed by atoms with Gasteiger partial charge in [-0.05, 0) is 33.2 Å². The number of hydrogen-bond donors (Lipinski definition) is 2. The van der Waals surface area contributed by atoms with Crippen LogP contribution in [0.4, 0.5) is 0 Å². The second-order valence-electron chi connectivity index (χ2n) is 5.35. The minimum Gasteiger partial charge on any atom is -0.389 e. The Kier molecular flexibility index (Phi) is 5.73. The summed E-state index contributed by atoms with van der Waals surface area (Å²) < 4.78 is 0. The van der Waals surface area contributed by atoms with E-state index in [4.69, 9.17) is 0 Å². The van der Waals surface area contributed by atoms with Crippen LogP contribution < -0.4 is 5.32 Å². The molecule has 1 unspecified atom stereocenters. The highest BCUT2D eigenvalue weighted by atomic mass is 16.3. The first kappa shape index (κ1) is 13.9. The van der Waals surface area contributed by atoms with Gasteiger partial charge in [0.05, 0.1) is 5.60 Å². The molecule has 0 aromatic carbocycles. The van der Waals surface area contributed by atoms with Crippen LogP contribution in [0.2, 0.25) is 0 Å². The molecule has 1 fully saturated rings. The molecular formula is C13H28N2O. The van der Waals surface area contributed by atoms with Gasteiger partial charge in [0.15, 0.2) is 0 Å². The van der Waals surface area contributed by atoms with E-state index in [0.29, 0.717) is 6.04 Å². The van der Waals surface area contributed by atoms with E-state index in [1.54, 1.807) is 0 Å². The molecule has 1 atom stereocenters. The summed E-state index contributed by atoms with van der Waals surface area (Å²) in [6.45, 7) is 7.27. The lowest BCUT2D eigenvalue weighted by Gasteiger charge is -2.26. The summed E-state index contributed by atoms with van der Waals surface area (Å²) in [4.78, 5) is 2.37. The molecule has 1 aliphatic rings. The van der Waals surface area contributed by atoms with E-state index < -0.39 is 5.60 Å². The lowest BCUT2D eigenvalue weighted by Crippen LogP contribution is -2.42. The van der Waals surface area contributed by atoms with Crippen molar-refractivity contribution < 1.29 is 5.11 Å². The SMILES string of the molecule is CCC(C)N(C)CCNCC1(O)CCCC1. The average Bonchev–Trinajstić information content (AvgIpc) is 2.70. The highest BCUT2D eigenvalue weighted by Crippen LogP contribution is 2.28. The van der Waals surface area contributed by atoms with E-state index in [2.05, 4.69) is 31.1 Å². The molecule has 0 aromatic heterocycles. The predicted octanol–water partition coefficient (Wildman–Crippen LogP) is 1.61. The largest absolute Gasteiger partial charge is 0.389 e. The smallest absolute Gasteiger partial charge is 0.0771 e. The number of likely N-dealkylation sites (N-methyl/N-ethyl adjacent to an activating group) is 1. The van der Waals surface area contributed by atoms with Gasteiger partial charge in [-0.3, -0.25) is 0 Å². The molecule has 16 heavy (non-hydrogen) atoms. The number of rotatable bonds is 7. The van der Waals surface area contributed by atoms with Gasteiger partial charge in [0.25, 0.3) is 0 Å². The van der Waals surface area contributed by atoms with Gasteiger partial charge in [0.1, 0.15) is 0 Å². The molecule has 0 radical (unpaired) electrons. The first-order valence-corrected chi connectivity index (χ1v) is 6.71. The van der Waals surface area contributed by atoms with Crippen molar-refractivity contribution in [1.82, 2.24) is 10.2 Å². The maximum absolute atomic E-state index is 10.1. The molecule has 3 nitrogen and oxygen atoms in total. The van der Waals surface area contributed by atoms with E-state index >= 15 is 0 Å². The molecule has 0 bridgehead atoms. The molecule has 2 N–H and O–H groups in total. The van der Waals surface area contributed by atoms with Crippen molar-refractivity contribution in [3.63, 3.8) is 0 Å². The molecule has 1 rings (SSSR count). The molecule has 1 aliphatic carbocycles. The normalized spacial score (nSPS) is 21.6. The Bertz CT molecular complexity index is 190. The van der Waals surface area contributed by atoms with Crippen molar-refractivity contribution in [2.75, 3.05) is 26.7 Å². The first-order valence-electron chi connectivity index (χ1n) is 6.71. The summed E-state index contributed by atoms with van der Waals surface area (Å²) >= 11 is 0. The summed E-state index contributed by atoms with van der Waals surface area (Å²) in [6.07, 6.45) is 5.51. The van der Waals surface area contributed by atoms with Crippen LogP contribution in [0.15, 0.2) is 0 Å². The third-order valence-corrected chi connectivity index (χ3v) is 3.97. The Morgan fingerprint density at radius 3 is 2.56 bits per heavy atom. The zero-order valence-corrected chi connectivity index (χ0v) is 11.1. The van der Waals surface area contributed by atoms with Gasteiger partial charge in [-0.2, -0.15) is 0 Å². The van der Waals surface area contributed by atoms with Crippen molar-refractivity contribution in [2.24, 2.45) is 0 Å².